The van der Waals surface area contributed by atoms with Gasteiger partial charge in [0.2, 0.25) is 0 Å². The summed E-state index contributed by atoms with van der Waals surface area (Å²) in [6.07, 6.45) is 2.08. The molecule has 9 aromatic rings. The van der Waals surface area contributed by atoms with Crippen molar-refractivity contribution in [3.8, 4) is 17.2 Å². The number of aryl methyl sites for hydroxylation is 2. The number of nitrogens with zero attached hydrogens (tertiary/aromatic N) is 2. The van der Waals surface area contributed by atoms with Gasteiger partial charge in [0.15, 0.2) is 0 Å². The van der Waals surface area contributed by atoms with Crippen molar-refractivity contribution in [2.75, 3.05) is 0 Å². The van der Waals surface area contributed by atoms with Crippen LogP contribution in [0.25, 0.3) is 70.3 Å². The number of ether oxygens (including phenoxy) is 1. The first-order valence-electron chi connectivity index (χ1n) is 16.7. The zero-order valence-electron chi connectivity index (χ0n) is 27.7. The van der Waals surface area contributed by atoms with Crippen LogP contribution in [0.2, 0.25) is 0 Å². The fourth-order valence-electron chi connectivity index (χ4n) is 7.46. The van der Waals surface area contributed by atoms with Crippen molar-refractivity contribution in [2.24, 2.45) is 7.05 Å². The van der Waals surface area contributed by atoms with E-state index in [0.29, 0.717) is 33.0 Å². The minimum Gasteiger partial charge on any atom is -0.456 e. The van der Waals surface area contributed by atoms with Gasteiger partial charge in [-0.1, -0.05) is 61.4 Å². The molecule has 0 saturated carbocycles. The predicted octanol–water partition coefficient (Wildman–Crippen LogP) is 8.10. The Balaban J connectivity index is 1.23. The highest BCUT2D eigenvalue weighted by Crippen LogP contribution is 2.39. The lowest BCUT2D eigenvalue weighted by atomic mass is 9.98. The van der Waals surface area contributed by atoms with Crippen LogP contribution in [-0.2, 0) is 13.5 Å². The second-order valence-electron chi connectivity index (χ2n) is 13.3. The van der Waals surface area contributed by atoms with Crippen molar-refractivity contribution in [3.63, 3.8) is 0 Å². The Bertz CT molecular complexity index is 3120. The summed E-state index contributed by atoms with van der Waals surface area (Å²) in [5.41, 5.74) is 1.31. The van der Waals surface area contributed by atoms with Gasteiger partial charge in [-0.2, -0.15) is 0 Å². The van der Waals surface area contributed by atoms with Gasteiger partial charge in [-0.05, 0) is 112 Å². The summed E-state index contributed by atoms with van der Waals surface area (Å²) in [6, 6.07) is 32.7. The molecule has 0 bridgehead atoms. The Morgan fingerprint density at radius 3 is 1.72 bits per heavy atom. The molecule has 7 heteroatoms. The third-order valence-corrected chi connectivity index (χ3v) is 10.0. The summed E-state index contributed by atoms with van der Waals surface area (Å²) in [4.78, 5) is 53.4. The molecule has 2 heterocycles. The Morgan fingerprint density at radius 1 is 0.520 bits per heavy atom. The Hall–Kier alpha value is -6.34. The Kier molecular flexibility index (Phi) is 6.45. The van der Waals surface area contributed by atoms with E-state index in [2.05, 4.69) is 43.3 Å². The van der Waals surface area contributed by atoms with Crippen molar-refractivity contribution in [1.29, 1.82) is 0 Å². The molecule has 0 spiro atoms. The number of hydrogen-bond donors (Lipinski definition) is 0. The van der Waals surface area contributed by atoms with Gasteiger partial charge in [0.05, 0.1) is 27.2 Å². The number of fused-ring (bicyclic) bond motifs is 7. The second kappa shape index (κ2) is 10.8. The first kappa shape index (κ1) is 29.8. The molecule has 0 amide bonds. The van der Waals surface area contributed by atoms with Crippen LogP contribution < -0.4 is 27.0 Å². The average molecular weight is 655 g/mol. The number of aromatic nitrogens is 2. The van der Waals surface area contributed by atoms with Gasteiger partial charge < -0.3 is 4.74 Å². The van der Waals surface area contributed by atoms with Gasteiger partial charge in [0.25, 0.3) is 22.2 Å². The largest absolute Gasteiger partial charge is 0.456 e. The van der Waals surface area contributed by atoms with Gasteiger partial charge >= 0.3 is 0 Å². The predicted molar refractivity (Wildman–Crippen MR) is 202 cm³/mol. The molecule has 50 heavy (non-hydrogen) atoms. The molecule has 9 rings (SSSR count). The molecule has 0 aliphatic carbocycles. The van der Waals surface area contributed by atoms with E-state index >= 15 is 0 Å². The van der Waals surface area contributed by atoms with Crippen LogP contribution in [0, 0.1) is 6.92 Å². The average Bonchev–Trinajstić information content (AvgIpc) is 3.49. The van der Waals surface area contributed by atoms with Crippen LogP contribution in [0.1, 0.15) is 24.5 Å². The van der Waals surface area contributed by atoms with Gasteiger partial charge in [0.1, 0.15) is 11.5 Å². The van der Waals surface area contributed by atoms with Crippen LogP contribution in [-0.4, -0.2) is 9.13 Å². The fourth-order valence-corrected chi connectivity index (χ4v) is 7.46. The Labute approximate surface area is 284 Å². The molecule has 0 saturated heterocycles. The van der Waals surface area contributed by atoms with Crippen molar-refractivity contribution >= 4 is 64.6 Å². The van der Waals surface area contributed by atoms with Crippen LogP contribution in [0.4, 0.5) is 0 Å². The lowest BCUT2D eigenvalue weighted by Crippen LogP contribution is -2.23. The first-order chi connectivity index (χ1) is 24.2. The third-order valence-electron chi connectivity index (χ3n) is 10.0. The number of rotatable bonds is 5. The van der Waals surface area contributed by atoms with E-state index in [1.54, 1.807) is 30.3 Å². The quantitative estimate of drug-likeness (QED) is 0.138. The first-order valence-corrected chi connectivity index (χ1v) is 16.7. The maximum atomic E-state index is 14.1. The zero-order chi connectivity index (χ0) is 34.4. The normalized spacial score (nSPS) is 12.0. The summed E-state index contributed by atoms with van der Waals surface area (Å²) in [5, 5.41) is 7.96. The van der Waals surface area contributed by atoms with E-state index in [9.17, 15) is 19.2 Å². The summed E-state index contributed by atoms with van der Waals surface area (Å²) < 4.78 is 8.91. The molecule has 0 radical (unpaired) electrons. The molecular weight excluding hydrogens is 624 g/mol. The van der Waals surface area contributed by atoms with Crippen molar-refractivity contribution in [1.82, 2.24) is 9.13 Å². The van der Waals surface area contributed by atoms with E-state index in [1.807, 2.05) is 43.3 Å². The molecule has 2 aromatic heterocycles. The minimum absolute atomic E-state index is 0.291. The van der Waals surface area contributed by atoms with E-state index < -0.39 is 11.1 Å². The van der Waals surface area contributed by atoms with E-state index in [-0.39, 0.29) is 11.1 Å². The van der Waals surface area contributed by atoms with Crippen molar-refractivity contribution < 1.29 is 4.74 Å². The summed E-state index contributed by atoms with van der Waals surface area (Å²) >= 11 is 0. The number of benzene rings is 7. The lowest BCUT2D eigenvalue weighted by Gasteiger charge is -2.15. The third kappa shape index (κ3) is 4.36. The molecule has 7 nitrogen and oxygen atoms in total. The van der Waals surface area contributed by atoms with Crippen LogP contribution in [0.5, 0.6) is 11.5 Å². The van der Waals surface area contributed by atoms with Crippen LogP contribution in [0.15, 0.2) is 122 Å². The van der Waals surface area contributed by atoms with Crippen molar-refractivity contribution in [3.05, 3.63) is 156 Å². The maximum Gasteiger partial charge on any atom is 0.266 e. The van der Waals surface area contributed by atoms with E-state index in [4.69, 9.17) is 4.74 Å². The van der Waals surface area contributed by atoms with Gasteiger partial charge in [0, 0.05) is 17.8 Å². The SMILES string of the molecule is CCCc1ccc(Oc2c3ccc(C)cc3cc3cc(-n4c(=O)c5cc6ccc7cc8c(=O)n(C)c(=O)c8cc7c6cc5c4=O)ccc23)cc1. The molecule has 0 atom stereocenters. The highest BCUT2D eigenvalue weighted by molar-refractivity contribution is 6.15. The van der Waals surface area contributed by atoms with Gasteiger partial charge in [-0.3, -0.25) is 23.7 Å². The molecule has 242 valence electrons. The second-order valence-corrected chi connectivity index (χ2v) is 13.3. The topological polar surface area (TPSA) is 87.4 Å². The summed E-state index contributed by atoms with van der Waals surface area (Å²) in [5.74, 6) is 1.45. The van der Waals surface area contributed by atoms with Gasteiger partial charge in [-0.15, -0.1) is 0 Å². The van der Waals surface area contributed by atoms with Crippen molar-refractivity contribution in [2.45, 2.75) is 26.7 Å². The molecule has 0 aliphatic rings. The lowest BCUT2D eigenvalue weighted by molar-refractivity contribution is 0.493. The van der Waals surface area contributed by atoms with Crippen LogP contribution in [0.3, 0.4) is 0 Å². The van der Waals surface area contributed by atoms with E-state index in [0.717, 1.165) is 71.8 Å². The number of hydrogen-bond acceptors (Lipinski definition) is 5. The molecule has 0 N–H and O–H groups in total. The molecule has 0 aliphatic heterocycles. The summed E-state index contributed by atoms with van der Waals surface area (Å²) in [6.45, 7) is 4.20. The maximum absolute atomic E-state index is 14.1. The summed E-state index contributed by atoms with van der Waals surface area (Å²) in [7, 11) is 1.47. The van der Waals surface area contributed by atoms with Crippen LogP contribution >= 0.6 is 0 Å². The standard InChI is InChI=1S/C43H30N2O5/c1-4-5-24-7-12-30(13-8-24)50-39-31-14-6-23(2)16-27(31)17-28-18-29(11-15-32(28)39)45-42(48)36-20-26-10-9-25-19-35-37(41(47)44(3)40(35)46)21-33(25)34(26)22-38(36)43(45)49/h6-22H,4-5H2,1-3H3. The smallest absolute Gasteiger partial charge is 0.266 e. The minimum atomic E-state index is -0.421. The highest BCUT2D eigenvalue weighted by Gasteiger charge is 2.19. The fraction of sp³-hybridized carbons (Fsp3) is 0.116. The highest BCUT2D eigenvalue weighted by atomic mass is 16.5. The van der Waals surface area contributed by atoms with E-state index in [1.165, 1.54) is 17.2 Å². The molecule has 7 aromatic carbocycles. The van der Waals surface area contributed by atoms with Gasteiger partial charge in [-0.25, -0.2) is 4.57 Å². The molecule has 0 unspecified atom stereocenters. The molecule has 0 fully saturated rings. The Morgan fingerprint density at radius 2 is 1.08 bits per heavy atom. The zero-order valence-corrected chi connectivity index (χ0v) is 27.7. The monoisotopic (exact) mass is 654 g/mol. The molecular formula is C43H30N2O5.